The normalized spacial score (nSPS) is 15.3. The van der Waals surface area contributed by atoms with E-state index in [1.54, 1.807) is 25.1 Å². The highest BCUT2D eigenvalue weighted by atomic mass is 35.5. The summed E-state index contributed by atoms with van der Waals surface area (Å²) in [5.41, 5.74) is 1.68. The number of hydrogen-bond acceptors (Lipinski definition) is 6. The third kappa shape index (κ3) is 3.49. The third-order valence-electron chi connectivity index (χ3n) is 5.66. The van der Waals surface area contributed by atoms with Crippen LogP contribution in [0, 0.1) is 13.8 Å². The Morgan fingerprint density at radius 2 is 1.97 bits per heavy atom. The second-order valence-electron chi connectivity index (χ2n) is 8.07. The Kier molecular flexibility index (Phi) is 5.21. The molecule has 0 radical (unpaired) electrons. The molecule has 0 aliphatic carbocycles. The fourth-order valence-corrected chi connectivity index (χ4v) is 4.27. The number of amides is 1. The first-order valence-electron chi connectivity index (χ1n) is 10.7. The van der Waals surface area contributed by atoms with Crippen molar-refractivity contribution in [3.63, 3.8) is 0 Å². The van der Waals surface area contributed by atoms with Crippen LogP contribution in [0.2, 0.25) is 5.02 Å². The molecule has 1 aliphatic rings. The van der Waals surface area contributed by atoms with E-state index >= 15 is 0 Å². The van der Waals surface area contributed by atoms with E-state index in [1.165, 1.54) is 4.90 Å². The molecule has 0 saturated carbocycles. The summed E-state index contributed by atoms with van der Waals surface area (Å²) >= 11 is 6.29. The highest BCUT2D eigenvalue weighted by Crippen LogP contribution is 2.42. The minimum Gasteiger partial charge on any atom is -0.494 e. The third-order valence-corrected chi connectivity index (χ3v) is 6.07. The van der Waals surface area contributed by atoms with E-state index < -0.39 is 11.9 Å². The smallest absolute Gasteiger partial charge is 0.296 e. The highest BCUT2D eigenvalue weighted by molar-refractivity contribution is 6.32. The molecule has 0 unspecified atom stereocenters. The van der Waals surface area contributed by atoms with E-state index in [2.05, 4.69) is 5.16 Å². The zero-order valence-corrected chi connectivity index (χ0v) is 19.1. The molecule has 0 saturated heterocycles. The monoisotopic (exact) mass is 464 g/mol. The van der Waals surface area contributed by atoms with Gasteiger partial charge in [-0.15, -0.1) is 0 Å². The van der Waals surface area contributed by atoms with Crippen molar-refractivity contribution in [3.8, 4) is 5.75 Å². The van der Waals surface area contributed by atoms with Crippen molar-refractivity contribution < 1.29 is 18.5 Å². The van der Waals surface area contributed by atoms with Gasteiger partial charge < -0.3 is 13.7 Å². The molecule has 1 atom stereocenters. The molecular weight excluding hydrogens is 444 g/mol. The molecule has 2 aromatic carbocycles. The fourth-order valence-electron chi connectivity index (χ4n) is 4.11. The van der Waals surface area contributed by atoms with Crippen LogP contribution >= 0.6 is 11.6 Å². The van der Waals surface area contributed by atoms with Gasteiger partial charge in [0.2, 0.25) is 5.76 Å². The lowest BCUT2D eigenvalue weighted by atomic mass is 9.98. The first-order chi connectivity index (χ1) is 15.9. The summed E-state index contributed by atoms with van der Waals surface area (Å²) in [4.78, 5) is 28.7. The summed E-state index contributed by atoms with van der Waals surface area (Å²) < 4.78 is 17.0. The molecule has 2 aromatic heterocycles. The predicted molar refractivity (Wildman–Crippen MR) is 124 cm³/mol. The molecule has 1 aliphatic heterocycles. The molecule has 33 heavy (non-hydrogen) atoms. The van der Waals surface area contributed by atoms with Crippen LogP contribution in [-0.2, 0) is 0 Å². The Labute approximate surface area is 194 Å². The van der Waals surface area contributed by atoms with Crippen molar-refractivity contribution in [3.05, 3.63) is 85.9 Å². The van der Waals surface area contributed by atoms with Crippen molar-refractivity contribution in [1.82, 2.24) is 5.16 Å². The highest BCUT2D eigenvalue weighted by Gasteiger charge is 2.45. The summed E-state index contributed by atoms with van der Waals surface area (Å²) in [5, 5.41) is 4.81. The van der Waals surface area contributed by atoms with Gasteiger partial charge in [-0.25, -0.2) is 0 Å². The average molecular weight is 465 g/mol. The van der Waals surface area contributed by atoms with E-state index in [0.717, 1.165) is 12.0 Å². The Balaban J connectivity index is 1.77. The van der Waals surface area contributed by atoms with Crippen LogP contribution in [0.5, 0.6) is 5.75 Å². The summed E-state index contributed by atoms with van der Waals surface area (Å²) in [6, 6.07) is 11.5. The van der Waals surface area contributed by atoms with Crippen LogP contribution in [-0.4, -0.2) is 17.7 Å². The first-order valence-corrected chi connectivity index (χ1v) is 11.0. The van der Waals surface area contributed by atoms with Gasteiger partial charge in [-0.2, -0.15) is 0 Å². The number of aromatic nitrogens is 1. The van der Waals surface area contributed by atoms with Gasteiger partial charge >= 0.3 is 0 Å². The molecule has 8 heteroatoms. The topological polar surface area (TPSA) is 85.8 Å². The van der Waals surface area contributed by atoms with E-state index in [-0.39, 0.29) is 16.8 Å². The molecule has 1 amide bonds. The van der Waals surface area contributed by atoms with Crippen LogP contribution in [0.4, 0.5) is 5.82 Å². The number of carbonyl (C=O) groups excluding carboxylic acids is 1. The van der Waals surface area contributed by atoms with E-state index in [0.29, 0.717) is 45.5 Å². The van der Waals surface area contributed by atoms with E-state index in [1.807, 2.05) is 38.1 Å². The number of halogens is 1. The van der Waals surface area contributed by atoms with Crippen LogP contribution < -0.4 is 15.1 Å². The molecule has 0 bridgehead atoms. The Morgan fingerprint density at radius 3 is 2.70 bits per heavy atom. The fraction of sp³-hybridized carbons (Fsp3) is 0.240. The standard InChI is InChI=1S/C25H21ClN2O5/c1-4-8-31-16-7-5-6-15(11-16)22-21-23(29)17-12-18(26)13(2)9-19(17)32-24(21)25(30)28(22)20-10-14(3)33-27-20/h5-7,9-12,22H,4,8H2,1-3H3/t22-/m0/s1. The maximum Gasteiger partial charge on any atom is 0.296 e. The van der Waals surface area contributed by atoms with Gasteiger partial charge in [0.15, 0.2) is 11.2 Å². The summed E-state index contributed by atoms with van der Waals surface area (Å²) in [6.45, 7) is 6.13. The lowest BCUT2D eigenvalue weighted by Gasteiger charge is -2.22. The maximum absolute atomic E-state index is 13.7. The largest absolute Gasteiger partial charge is 0.494 e. The molecule has 4 aromatic rings. The SMILES string of the molecule is CCCOc1cccc([C@H]2c3c(oc4cc(C)c(Cl)cc4c3=O)C(=O)N2c2cc(C)on2)c1. The number of hydrogen-bond donors (Lipinski definition) is 0. The molecule has 5 rings (SSSR count). The number of ether oxygens (including phenoxy) is 1. The molecule has 0 N–H and O–H groups in total. The average Bonchev–Trinajstić information content (AvgIpc) is 3.35. The second kappa shape index (κ2) is 8.08. The van der Waals surface area contributed by atoms with Crippen LogP contribution in [0.15, 0.2) is 56.2 Å². The van der Waals surface area contributed by atoms with Crippen molar-refractivity contribution >= 4 is 34.3 Å². The number of anilines is 1. The molecule has 0 fully saturated rings. The lowest BCUT2D eigenvalue weighted by molar-refractivity contribution is 0.0969. The van der Waals surface area contributed by atoms with Gasteiger partial charge in [0.1, 0.15) is 17.1 Å². The van der Waals surface area contributed by atoms with E-state index in [4.69, 9.17) is 25.3 Å². The molecular formula is C25H21ClN2O5. The van der Waals surface area contributed by atoms with Crippen LogP contribution in [0.25, 0.3) is 11.0 Å². The summed E-state index contributed by atoms with van der Waals surface area (Å²) in [7, 11) is 0. The van der Waals surface area contributed by atoms with Crippen molar-refractivity contribution in [2.45, 2.75) is 33.2 Å². The molecule has 3 heterocycles. The van der Waals surface area contributed by atoms with Gasteiger partial charge in [-0.3, -0.25) is 14.5 Å². The zero-order chi connectivity index (χ0) is 23.3. The maximum atomic E-state index is 13.7. The predicted octanol–water partition coefficient (Wildman–Crippen LogP) is 5.59. The quantitative estimate of drug-likeness (QED) is 0.382. The number of carbonyl (C=O) groups is 1. The minimum atomic E-state index is -0.761. The van der Waals surface area contributed by atoms with Gasteiger partial charge in [0.25, 0.3) is 5.91 Å². The lowest BCUT2D eigenvalue weighted by Crippen LogP contribution is -2.29. The Bertz CT molecular complexity index is 1460. The Morgan fingerprint density at radius 1 is 1.15 bits per heavy atom. The van der Waals surface area contributed by atoms with Crippen LogP contribution in [0.3, 0.4) is 0 Å². The minimum absolute atomic E-state index is 0.0141. The van der Waals surface area contributed by atoms with Crippen molar-refractivity contribution in [2.75, 3.05) is 11.5 Å². The molecule has 7 nitrogen and oxygen atoms in total. The molecule has 0 spiro atoms. The number of benzene rings is 2. The number of rotatable bonds is 5. The van der Waals surface area contributed by atoms with Gasteiger partial charge in [0, 0.05) is 11.1 Å². The number of aryl methyl sites for hydroxylation is 2. The van der Waals surface area contributed by atoms with Gasteiger partial charge in [0.05, 0.1) is 23.6 Å². The number of fused-ring (bicyclic) bond motifs is 2. The van der Waals surface area contributed by atoms with Gasteiger partial charge in [-0.05, 0) is 55.7 Å². The van der Waals surface area contributed by atoms with Gasteiger partial charge in [-0.1, -0.05) is 35.8 Å². The van der Waals surface area contributed by atoms with Crippen LogP contribution in [0.1, 0.15) is 52.4 Å². The number of nitrogens with zero attached hydrogens (tertiary/aromatic N) is 2. The van der Waals surface area contributed by atoms with Crippen molar-refractivity contribution in [1.29, 1.82) is 0 Å². The first kappa shape index (κ1) is 21.3. The summed E-state index contributed by atoms with van der Waals surface area (Å²) in [5.74, 6) is 1.01. The summed E-state index contributed by atoms with van der Waals surface area (Å²) in [6.07, 6.45) is 0.856. The van der Waals surface area contributed by atoms with E-state index in [9.17, 15) is 9.59 Å². The second-order valence-corrected chi connectivity index (χ2v) is 8.47. The Hall–Kier alpha value is -3.58. The molecule has 168 valence electrons. The zero-order valence-electron chi connectivity index (χ0n) is 18.3. The van der Waals surface area contributed by atoms with Crippen molar-refractivity contribution in [2.24, 2.45) is 0 Å².